The molecule has 1 aliphatic rings. The predicted octanol–water partition coefficient (Wildman–Crippen LogP) is 3.42. The summed E-state index contributed by atoms with van der Waals surface area (Å²) < 4.78 is 46.0. The van der Waals surface area contributed by atoms with Crippen molar-refractivity contribution in [3.8, 4) is 17.2 Å². The number of alkyl halides is 2. The summed E-state index contributed by atoms with van der Waals surface area (Å²) in [6.45, 7) is 0.909. The summed E-state index contributed by atoms with van der Waals surface area (Å²) in [4.78, 5) is 4.57. The Morgan fingerprint density at radius 1 is 1.13 bits per heavy atom. The van der Waals surface area contributed by atoms with Gasteiger partial charge in [-0.05, 0) is 24.1 Å². The summed E-state index contributed by atoms with van der Waals surface area (Å²) in [6.07, 6.45) is 0. The van der Waals surface area contributed by atoms with Crippen LogP contribution in [-0.4, -0.2) is 33.0 Å². The normalized spacial score (nSPS) is 12.9. The van der Waals surface area contributed by atoms with Crippen molar-refractivity contribution < 1.29 is 27.7 Å². The van der Waals surface area contributed by atoms with E-state index in [-0.39, 0.29) is 19.1 Å². The van der Waals surface area contributed by atoms with E-state index in [9.17, 15) is 8.78 Å². The van der Waals surface area contributed by atoms with E-state index >= 15 is 0 Å². The molecule has 0 atom stereocenters. The summed E-state index contributed by atoms with van der Waals surface area (Å²) in [5, 5.41) is 6.29. The fourth-order valence-corrected chi connectivity index (χ4v) is 2.98. The smallest absolute Gasteiger partial charge is 0.387 e. The van der Waals surface area contributed by atoms with Crippen molar-refractivity contribution in [3.05, 3.63) is 53.1 Å². The Morgan fingerprint density at radius 2 is 1.90 bits per heavy atom. The molecule has 1 heterocycles. The molecule has 0 saturated heterocycles. The highest BCUT2D eigenvalue weighted by atomic mass is 19.3. The Hall–Kier alpha value is -3.07. The van der Waals surface area contributed by atoms with Gasteiger partial charge in [-0.15, -0.1) is 0 Å². The molecule has 0 unspecified atom stereocenters. The van der Waals surface area contributed by atoms with Crippen LogP contribution in [0.15, 0.2) is 41.4 Å². The monoisotopic (exact) mass is 421 g/mol. The molecule has 3 rings (SSSR count). The summed E-state index contributed by atoms with van der Waals surface area (Å²) in [7, 11) is 1.65. The lowest BCUT2D eigenvalue weighted by Gasteiger charge is -2.15. The average Bonchev–Trinajstić information content (AvgIpc) is 3.17. The molecule has 0 saturated carbocycles. The van der Waals surface area contributed by atoms with Gasteiger partial charge < -0.3 is 29.6 Å². The Morgan fingerprint density at radius 3 is 2.63 bits per heavy atom. The third kappa shape index (κ3) is 5.96. The first-order valence-electron chi connectivity index (χ1n) is 9.55. The Bertz CT molecular complexity index is 877. The van der Waals surface area contributed by atoms with Gasteiger partial charge in [-0.3, -0.25) is 0 Å². The highest BCUT2D eigenvalue weighted by Gasteiger charge is 2.20. The first-order valence-corrected chi connectivity index (χ1v) is 9.55. The van der Waals surface area contributed by atoms with Crippen molar-refractivity contribution in [1.82, 2.24) is 10.6 Å². The maximum atomic E-state index is 12.8. The van der Waals surface area contributed by atoms with Crippen LogP contribution in [0.5, 0.6) is 17.2 Å². The average molecular weight is 421 g/mol. The topological polar surface area (TPSA) is 73.3 Å². The zero-order chi connectivity index (χ0) is 21.3. The molecule has 30 heavy (non-hydrogen) atoms. The lowest BCUT2D eigenvalue weighted by atomic mass is 10.1. The molecule has 2 N–H and O–H groups in total. The number of benzene rings is 2. The number of aliphatic imine (C=N–C) groups is 1. The van der Waals surface area contributed by atoms with Gasteiger partial charge in [-0.25, -0.2) is 4.99 Å². The molecule has 2 aromatic rings. The van der Waals surface area contributed by atoms with Gasteiger partial charge in [0.2, 0.25) is 6.79 Å². The summed E-state index contributed by atoms with van der Waals surface area (Å²) in [5.41, 5.74) is 2.61. The maximum Gasteiger partial charge on any atom is 0.387 e. The third-order valence-corrected chi connectivity index (χ3v) is 4.28. The van der Waals surface area contributed by atoms with Gasteiger partial charge in [0.05, 0.1) is 13.2 Å². The number of guanidine groups is 1. The largest absolute Gasteiger partial charge is 0.454 e. The summed E-state index contributed by atoms with van der Waals surface area (Å²) in [6, 6.07) is 11.0. The lowest BCUT2D eigenvalue weighted by Crippen LogP contribution is -2.36. The molecule has 0 bridgehead atoms. The van der Waals surface area contributed by atoms with Crippen LogP contribution in [-0.2, 0) is 24.4 Å². The highest BCUT2D eigenvalue weighted by molar-refractivity contribution is 5.79. The number of hydrogen-bond donors (Lipinski definition) is 2. The van der Waals surface area contributed by atoms with Crippen molar-refractivity contribution >= 4 is 5.96 Å². The highest BCUT2D eigenvalue weighted by Crippen LogP contribution is 2.38. The van der Waals surface area contributed by atoms with Crippen molar-refractivity contribution in [2.24, 2.45) is 4.99 Å². The van der Waals surface area contributed by atoms with E-state index in [1.807, 2.05) is 31.2 Å². The molecule has 0 aromatic heterocycles. The Kier molecular flexibility index (Phi) is 7.67. The number of halogens is 2. The van der Waals surface area contributed by atoms with Gasteiger partial charge in [0.15, 0.2) is 17.5 Å². The van der Waals surface area contributed by atoms with Crippen LogP contribution in [0.3, 0.4) is 0 Å². The van der Waals surface area contributed by atoms with Crippen molar-refractivity contribution in [3.63, 3.8) is 0 Å². The second kappa shape index (κ2) is 10.6. The quantitative estimate of drug-likeness (QED) is 0.478. The van der Waals surface area contributed by atoms with Gasteiger partial charge >= 0.3 is 6.61 Å². The first kappa shape index (κ1) is 21.6. The predicted molar refractivity (Wildman–Crippen MR) is 108 cm³/mol. The lowest BCUT2D eigenvalue weighted by molar-refractivity contribution is -0.0505. The van der Waals surface area contributed by atoms with Gasteiger partial charge in [0.25, 0.3) is 0 Å². The number of hydrogen-bond acceptors (Lipinski definition) is 5. The van der Waals surface area contributed by atoms with E-state index < -0.39 is 6.61 Å². The van der Waals surface area contributed by atoms with Crippen LogP contribution >= 0.6 is 0 Å². The Labute approximate surface area is 174 Å². The van der Waals surface area contributed by atoms with Gasteiger partial charge in [-0.2, -0.15) is 8.78 Å². The van der Waals surface area contributed by atoms with E-state index in [4.69, 9.17) is 14.2 Å². The van der Waals surface area contributed by atoms with Crippen LogP contribution in [0.4, 0.5) is 8.78 Å². The van der Waals surface area contributed by atoms with Crippen LogP contribution < -0.4 is 24.8 Å². The van der Waals surface area contributed by atoms with Crippen LogP contribution in [0, 0.1) is 0 Å². The molecular formula is C21H25F2N3O4. The van der Waals surface area contributed by atoms with Gasteiger partial charge in [0.1, 0.15) is 5.75 Å². The fraction of sp³-hybridized carbons (Fsp3) is 0.381. The SMILES string of the molecule is CCNC(=NCc1cccc(COC)c1)NCc1cc2c(cc1OC(F)F)OCO2. The number of methoxy groups -OCH3 is 1. The fourth-order valence-electron chi connectivity index (χ4n) is 2.98. The number of nitrogens with zero attached hydrogens (tertiary/aromatic N) is 1. The molecule has 0 spiro atoms. The maximum absolute atomic E-state index is 12.8. The first-order chi connectivity index (χ1) is 14.6. The molecule has 0 amide bonds. The Balaban J connectivity index is 1.71. The van der Waals surface area contributed by atoms with Crippen LogP contribution in [0.1, 0.15) is 23.6 Å². The second-order valence-corrected chi connectivity index (χ2v) is 6.49. The van der Waals surface area contributed by atoms with E-state index in [2.05, 4.69) is 20.4 Å². The molecule has 162 valence electrons. The van der Waals surface area contributed by atoms with Crippen molar-refractivity contribution in [1.29, 1.82) is 0 Å². The van der Waals surface area contributed by atoms with E-state index in [1.54, 1.807) is 13.2 Å². The number of fused-ring (bicyclic) bond motifs is 1. The van der Waals surface area contributed by atoms with Crippen molar-refractivity contribution in [2.75, 3.05) is 20.4 Å². The zero-order valence-electron chi connectivity index (χ0n) is 16.9. The zero-order valence-corrected chi connectivity index (χ0v) is 16.9. The van der Waals surface area contributed by atoms with Gasteiger partial charge in [-0.1, -0.05) is 24.3 Å². The third-order valence-electron chi connectivity index (χ3n) is 4.28. The van der Waals surface area contributed by atoms with E-state index in [0.29, 0.717) is 42.7 Å². The molecule has 7 nitrogen and oxygen atoms in total. The molecule has 0 fully saturated rings. The molecule has 0 radical (unpaired) electrons. The van der Waals surface area contributed by atoms with Gasteiger partial charge in [0, 0.05) is 31.8 Å². The number of nitrogens with one attached hydrogen (secondary N) is 2. The minimum atomic E-state index is -2.94. The van der Waals surface area contributed by atoms with E-state index in [0.717, 1.165) is 11.1 Å². The van der Waals surface area contributed by atoms with Crippen LogP contribution in [0.25, 0.3) is 0 Å². The van der Waals surface area contributed by atoms with E-state index in [1.165, 1.54) is 6.07 Å². The molecule has 0 aliphatic carbocycles. The summed E-state index contributed by atoms with van der Waals surface area (Å²) >= 11 is 0. The molecule has 9 heteroatoms. The van der Waals surface area contributed by atoms with Crippen molar-refractivity contribution in [2.45, 2.75) is 33.2 Å². The minimum Gasteiger partial charge on any atom is -0.454 e. The number of ether oxygens (including phenoxy) is 4. The van der Waals surface area contributed by atoms with Crippen LogP contribution in [0.2, 0.25) is 0 Å². The minimum absolute atomic E-state index is 0.0323. The number of rotatable bonds is 9. The second-order valence-electron chi connectivity index (χ2n) is 6.49. The molecular weight excluding hydrogens is 396 g/mol. The standard InChI is InChI=1S/C21H25F2N3O4/c1-3-24-21(25-10-14-5-4-6-15(7-14)12-27-2)26-11-16-8-18-19(29-13-28-18)9-17(16)30-20(22)23/h4-9,20H,3,10-13H2,1-2H3,(H2,24,25,26). The molecule has 1 aliphatic heterocycles. The summed E-state index contributed by atoms with van der Waals surface area (Å²) in [5.74, 6) is 1.46. The molecule has 2 aromatic carbocycles.